The molecule has 7 nitrogen and oxygen atoms in total. The molecule has 0 heterocycles. The fraction of sp³-hybridized carbons (Fsp3) is 0.348. The second-order valence-electron chi connectivity index (χ2n) is 7.86. The van der Waals surface area contributed by atoms with Gasteiger partial charge in [0.15, 0.2) is 0 Å². The van der Waals surface area contributed by atoms with Gasteiger partial charge in [0.1, 0.15) is 12.6 Å². The average molecular weight is 409 g/mol. The summed E-state index contributed by atoms with van der Waals surface area (Å²) in [7, 11) is 1.26. The molecule has 2 aliphatic rings. The maximum absolute atomic E-state index is 12.5. The lowest BCUT2D eigenvalue weighted by atomic mass is 9.92. The van der Waals surface area contributed by atoms with Crippen LogP contribution in [0.4, 0.5) is 4.79 Å². The van der Waals surface area contributed by atoms with Crippen molar-refractivity contribution in [3.8, 4) is 11.1 Å². The number of methoxy groups -OCH3 is 1. The number of hydrogen-bond acceptors (Lipinski definition) is 5. The van der Waals surface area contributed by atoms with Crippen molar-refractivity contribution in [1.82, 2.24) is 5.32 Å². The number of carboxylic acid groups (broad SMARTS) is 1. The summed E-state index contributed by atoms with van der Waals surface area (Å²) in [4.78, 5) is 35.9. The van der Waals surface area contributed by atoms with E-state index in [4.69, 9.17) is 4.74 Å². The third-order valence-corrected chi connectivity index (χ3v) is 6.08. The van der Waals surface area contributed by atoms with Crippen molar-refractivity contribution in [2.24, 2.45) is 5.41 Å². The predicted molar refractivity (Wildman–Crippen MR) is 108 cm³/mol. The summed E-state index contributed by atoms with van der Waals surface area (Å²) >= 11 is 0. The van der Waals surface area contributed by atoms with Crippen LogP contribution in [0.2, 0.25) is 0 Å². The van der Waals surface area contributed by atoms with Gasteiger partial charge in [-0.1, -0.05) is 48.5 Å². The molecular weight excluding hydrogens is 386 g/mol. The van der Waals surface area contributed by atoms with E-state index in [0.717, 1.165) is 22.3 Å². The van der Waals surface area contributed by atoms with Crippen molar-refractivity contribution in [3.05, 3.63) is 59.7 Å². The molecule has 4 rings (SSSR count). The summed E-state index contributed by atoms with van der Waals surface area (Å²) in [5.74, 6) is -1.80. The number of esters is 1. The standard InChI is InChI=1S/C23H23NO6/c1-29-19(25)12-23(10-11-23)20(21(26)27)24-22(28)30-13-18-16-8-4-2-6-14(16)15-7-3-5-9-17(15)18/h2-9,18,20H,10-13H2,1H3,(H,24,28)(H,26,27)/t20-/m0/s1. The largest absolute Gasteiger partial charge is 0.480 e. The fourth-order valence-corrected chi connectivity index (χ4v) is 4.32. The number of aliphatic carboxylic acids is 1. The van der Waals surface area contributed by atoms with Gasteiger partial charge in [0.2, 0.25) is 0 Å². The highest BCUT2D eigenvalue weighted by atomic mass is 16.5. The Morgan fingerprint density at radius 1 is 1.07 bits per heavy atom. The molecule has 0 aromatic heterocycles. The molecule has 2 aromatic carbocycles. The van der Waals surface area contributed by atoms with Gasteiger partial charge < -0.3 is 19.9 Å². The number of amides is 1. The molecule has 2 aromatic rings. The number of rotatable bonds is 7. The molecule has 156 valence electrons. The number of benzene rings is 2. The minimum absolute atomic E-state index is 0.0515. The number of alkyl carbamates (subject to hydrolysis) is 1. The third kappa shape index (κ3) is 3.63. The summed E-state index contributed by atoms with van der Waals surface area (Å²) in [6.07, 6.45) is 0.204. The minimum atomic E-state index is -1.20. The van der Waals surface area contributed by atoms with Crippen molar-refractivity contribution >= 4 is 18.0 Å². The Morgan fingerprint density at radius 3 is 2.13 bits per heavy atom. The van der Waals surface area contributed by atoms with Crippen molar-refractivity contribution in [2.45, 2.75) is 31.2 Å². The summed E-state index contributed by atoms with van der Waals surface area (Å²) in [6, 6.07) is 14.7. The van der Waals surface area contributed by atoms with Crippen LogP contribution in [0.5, 0.6) is 0 Å². The molecule has 1 atom stereocenters. The van der Waals surface area contributed by atoms with E-state index >= 15 is 0 Å². The first-order valence-electron chi connectivity index (χ1n) is 9.86. The number of carbonyl (C=O) groups is 3. The first-order chi connectivity index (χ1) is 14.4. The van der Waals surface area contributed by atoms with Crippen LogP contribution in [-0.4, -0.2) is 42.9 Å². The Kier molecular flexibility index (Phi) is 5.20. The molecular formula is C23H23NO6. The van der Waals surface area contributed by atoms with Crippen molar-refractivity contribution in [3.63, 3.8) is 0 Å². The van der Waals surface area contributed by atoms with E-state index in [1.165, 1.54) is 7.11 Å². The zero-order valence-corrected chi connectivity index (χ0v) is 16.6. The van der Waals surface area contributed by atoms with Gasteiger partial charge in [-0.2, -0.15) is 0 Å². The van der Waals surface area contributed by atoms with Crippen molar-refractivity contribution in [2.75, 3.05) is 13.7 Å². The van der Waals surface area contributed by atoms with E-state index < -0.39 is 29.5 Å². The Hall–Kier alpha value is -3.35. The molecule has 30 heavy (non-hydrogen) atoms. The van der Waals surface area contributed by atoms with E-state index in [1.54, 1.807) is 0 Å². The highest BCUT2D eigenvalue weighted by Crippen LogP contribution is 2.52. The maximum atomic E-state index is 12.5. The summed E-state index contributed by atoms with van der Waals surface area (Å²) in [5.41, 5.74) is 3.56. The van der Waals surface area contributed by atoms with Gasteiger partial charge in [0.05, 0.1) is 13.5 Å². The lowest BCUT2D eigenvalue weighted by molar-refractivity contribution is -0.145. The van der Waals surface area contributed by atoms with Crippen LogP contribution < -0.4 is 5.32 Å². The number of carboxylic acids is 1. The SMILES string of the molecule is COC(=O)CC1([C@@H](NC(=O)OCC2c3ccccc3-c3ccccc32)C(=O)O)CC1. The lowest BCUT2D eigenvalue weighted by Crippen LogP contribution is -2.48. The topological polar surface area (TPSA) is 102 Å². The van der Waals surface area contributed by atoms with Gasteiger partial charge in [-0.3, -0.25) is 4.79 Å². The van der Waals surface area contributed by atoms with Crippen LogP contribution in [0.25, 0.3) is 11.1 Å². The van der Waals surface area contributed by atoms with E-state index in [-0.39, 0.29) is 18.9 Å². The first kappa shape index (κ1) is 19.9. The Balaban J connectivity index is 1.45. The van der Waals surface area contributed by atoms with E-state index in [1.807, 2.05) is 48.5 Å². The molecule has 2 N–H and O–H groups in total. The Labute approximate surface area is 174 Å². The van der Waals surface area contributed by atoms with E-state index in [2.05, 4.69) is 10.1 Å². The molecule has 0 radical (unpaired) electrons. The van der Waals surface area contributed by atoms with E-state index in [0.29, 0.717) is 12.8 Å². The second kappa shape index (κ2) is 7.82. The average Bonchev–Trinajstić information content (AvgIpc) is 3.45. The van der Waals surface area contributed by atoms with Gasteiger partial charge in [-0.15, -0.1) is 0 Å². The zero-order valence-electron chi connectivity index (χ0n) is 16.6. The predicted octanol–water partition coefficient (Wildman–Crippen LogP) is 3.32. The Morgan fingerprint density at radius 2 is 1.63 bits per heavy atom. The quantitative estimate of drug-likeness (QED) is 0.680. The molecule has 7 heteroatoms. The monoisotopic (exact) mass is 409 g/mol. The molecule has 1 fully saturated rings. The van der Waals surface area contributed by atoms with E-state index in [9.17, 15) is 19.5 Å². The van der Waals surface area contributed by atoms with Gasteiger partial charge >= 0.3 is 18.0 Å². The molecule has 1 amide bonds. The Bertz CT molecular complexity index is 951. The van der Waals surface area contributed by atoms with Crippen LogP contribution in [0.15, 0.2) is 48.5 Å². The van der Waals surface area contributed by atoms with Gasteiger partial charge in [-0.25, -0.2) is 9.59 Å². The molecule has 0 saturated heterocycles. The van der Waals surface area contributed by atoms with Crippen LogP contribution >= 0.6 is 0 Å². The third-order valence-electron chi connectivity index (χ3n) is 6.08. The first-order valence-corrected chi connectivity index (χ1v) is 9.86. The molecule has 0 unspecified atom stereocenters. The van der Waals surface area contributed by atoms with Gasteiger partial charge in [0, 0.05) is 11.3 Å². The number of hydrogen-bond donors (Lipinski definition) is 2. The van der Waals surface area contributed by atoms with Crippen LogP contribution in [-0.2, 0) is 19.1 Å². The van der Waals surface area contributed by atoms with Gasteiger partial charge in [0.25, 0.3) is 0 Å². The van der Waals surface area contributed by atoms with Gasteiger partial charge in [-0.05, 0) is 35.1 Å². The minimum Gasteiger partial charge on any atom is -0.480 e. The molecule has 2 aliphatic carbocycles. The normalized spacial score (nSPS) is 16.7. The smallest absolute Gasteiger partial charge is 0.407 e. The summed E-state index contributed by atoms with van der Waals surface area (Å²) in [5, 5.41) is 12.1. The van der Waals surface area contributed by atoms with Crippen molar-refractivity contribution in [1.29, 1.82) is 0 Å². The summed E-state index contributed by atoms with van der Waals surface area (Å²) < 4.78 is 10.1. The number of ether oxygens (including phenoxy) is 2. The van der Waals surface area contributed by atoms with Crippen LogP contribution in [0, 0.1) is 5.41 Å². The number of carbonyl (C=O) groups excluding carboxylic acids is 2. The molecule has 0 bridgehead atoms. The fourth-order valence-electron chi connectivity index (χ4n) is 4.32. The van der Waals surface area contributed by atoms with Crippen molar-refractivity contribution < 1.29 is 29.0 Å². The zero-order chi connectivity index (χ0) is 21.3. The molecule has 0 spiro atoms. The molecule has 0 aliphatic heterocycles. The number of fused-ring (bicyclic) bond motifs is 3. The highest BCUT2D eigenvalue weighted by Gasteiger charge is 2.55. The maximum Gasteiger partial charge on any atom is 0.407 e. The van der Waals surface area contributed by atoms with Crippen LogP contribution in [0.1, 0.15) is 36.3 Å². The lowest BCUT2D eigenvalue weighted by Gasteiger charge is -2.23. The second-order valence-corrected chi connectivity index (χ2v) is 7.86. The number of nitrogens with one attached hydrogen (secondary N) is 1. The molecule has 1 saturated carbocycles. The summed E-state index contributed by atoms with van der Waals surface area (Å²) in [6.45, 7) is 0.0935. The van der Waals surface area contributed by atoms with Crippen LogP contribution in [0.3, 0.4) is 0 Å². The highest BCUT2D eigenvalue weighted by molar-refractivity contribution is 5.83.